The monoisotopic (exact) mass is 831 g/mol. The van der Waals surface area contributed by atoms with Crippen molar-refractivity contribution < 1.29 is 34.3 Å². The number of nitrogens with zero attached hydrogens (tertiary/aromatic N) is 8. The first-order valence-electron chi connectivity index (χ1n) is 20.4. The molecule has 0 spiro atoms. The van der Waals surface area contributed by atoms with E-state index in [-0.39, 0.29) is 23.3 Å². The number of hydrogen-bond donors (Lipinski definition) is 3. The van der Waals surface area contributed by atoms with Gasteiger partial charge in [0.25, 0.3) is 5.69 Å². The Bertz CT molecular complexity index is 2410. The van der Waals surface area contributed by atoms with E-state index in [9.17, 15) is 14.5 Å². The van der Waals surface area contributed by atoms with E-state index in [1.165, 1.54) is 6.33 Å². The highest BCUT2D eigenvalue weighted by Gasteiger charge is 2.32. The van der Waals surface area contributed by atoms with Crippen LogP contribution >= 0.6 is 0 Å². The minimum atomic E-state index is 0. The fraction of sp³-hybridized carbons (Fsp3) is 0.349. The van der Waals surface area contributed by atoms with Crippen LogP contribution in [0.1, 0.15) is 31.7 Å². The molecular weight excluding hydrogens is 783 g/mol. The molecule has 4 N–H and O–H groups in total. The minimum Gasteiger partial charge on any atom is -0.870 e. The van der Waals surface area contributed by atoms with E-state index in [0.29, 0.717) is 66.7 Å². The van der Waals surface area contributed by atoms with E-state index in [4.69, 9.17) is 14.1 Å². The average Bonchev–Trinajstić information content (AvgIpc) is 3.93. The summed E-state index contributed by atoms with van der Waals surface area (Å²) < 4.78 is 19.0. The lowest BCUT2D eigenvalue weighted by Gasteiger charge is -2.40. The van der Waals surface area contributed by atoms with Crippen molar-refractivity contribution >= 4 is 45.3 Å². The van der Waals surface area contributed by atoms with Crippen LogP contribution in [-0.2, 0) is 9.59 Å². The van der Waals surface area contributed by atoms with Crippen molar-refractivity contribution in [1.82, 2.24) is 44.9 Å². The summed E-state index contributed by atoms with van der Waals surface area (Å²) in [6, 6.07) is 22.5. The third kappa shape index (κ3) is 10.7. The van der Waals surface area contributed by atoms with Crippen LogP contribution in [0.4, 0.5) is 11.4 Å². The predicted octanol–water partition coefficient (Wildman–Crippen LogP) is 4.20. The number of fused-ring (bicyclic) bond motifs is 2. The molecule has 0 unspecified atom stereocenters. The smallest absolute Gasteiger partial charge is 0.284 e. The number of benzene rings is 3. The van der Waals surface area contributed by atoms with Gasteiger partial charge in [0, 0.05) is 100 Å². The minimum absolute atomic E-state index is 0. The van der Waals surface area contributed by atoms with Gasteiger partial charge in [0.15, 0.2) is 5.52 Å². The second kappa shape index (κ2) is 20.5. The van der Waals surface area contributed by atoms with Crippen LogP contribution in [-0.4, -0.2) is 122 Å². The molecule has 318 valence electrons. The number of ether oxygens (including phenoxy) is 2. The number of piperazine rings is 1. The van der Waals surface area contributed by atoms with E-state index >= 15 is 0 Å². The number of rotatable bonds is 19. The van der Waals surface area contributed by atoms with Crippen LogP contribution in [0, 0.1) is 4.91 Å². The second-order valence-electron chi connectivity index (χ2n) is 14.9. The van der Waals surface area contributed by atoms with E-state index in [1.54, 1.807) is 18.2 Å². The largest absolute Gasteiger partial charge is 0.870 e. The van der Waals surface area contributed by atoms with Crippen molar-refractivity contribution in [3.05, 3.63) is 102 Å². The fourth-order valence-electron chi connectivity index (χ4n) is 7.41. The van der Waals surface area contributed by atoms with E-state index < -0.39 is 0 Å². The Hall–Kier alpha value is -6.76. The molecule has 2 fully saturated rings. The van der Waals surface area contributed by atoms with E-state index in [0.717, 1.165) is 81.0 Å². The lowest BCUT2D eigenvalue weighted by atomic mass is 10.1. The van der Waals surface area contributed by atoms with Gasteiger partial charge in [-0.2, -0.15) is 4.98 Å². The fourth-order valence-corrected chi connectivity index (χ4v) is 7.41. The molecule has 0 aliphatic carbocycles. The van der Waals surface area contributed by atoms with Crippen LogP contribution in [0.3, 0.4) is 0 Å². The number of likely N-dealkylation sites (tertiary alicyclic amines) is 1. The zero-order valence-electron chi connectivity index (χ0n) is 33.7. The van der Waals surface area contributed by atoms with Gasteiger partial charge in [-0.25, -0.2) is 9.61 Å². The number of aromatic nitrogens is 5. The number of anilines is 1. The zero-order valence-corrected chi connectivity index (χ0v) is 33.7. The molecule has 0 bridgehead atoms. The number of nitroso groups, excluding NO2 is 1. The molecule has 6 aromatic rings. The number of para-hydroxylation sites is 1. The lowest BCUT2D eigenvalue weighted by molar-refractivity contribution is -0.377. The third-order valence-electron chi connectivity index (χ3n) is 10.8. The molecule has 2 saturated heterocycles. The summed E-state index contributed by atoms with van der Waals surface area (Å²) in [6.45, 7) is 7.68. The van der Waals surface area contributed by atoms with Gasteiger partial charge in [-0.3, -0.25) is 19.4 Å². The number of carbonyl (C=O) groups excluding carboxylic acids is 2. The first kappa shape index (κ1) is 42.4. The first-order chi connectivity index (χ1) is 29.5. The maximum Gasteiger partial charge on any atom is 0.284 e. The molecule has 2 aliphatic rings. The van der Waals surface area contributed by atoms with E-state index in [1.807, 2.05) is 83.0 Å². The summed E-state index contributed by atoms with van der Waals surface area (Å²) in [4.78, 5) is 51.9. The van der Waals surface area contributed by atoms with Gasteiger partial charge in [0.1, 0.15) is 29.1 Å². The Morgan fingerprint density at radius 1 is 0.820 bits per heavy atom. The molecule has 0 saturated carbocycles. The Balaban J connectivity index is 0.00000561. The van der Waals surface area contributed by atoms with Crippen molar-refractivity contribution in [2.24, 2.45) is 0 Å². The quantitative estimate of drug-likeness (QED) is 0.0771. The van der Waals surface area contributed by atoms with Crippen molar-refractivity contribution in [2.75, 3.05) is 70.8 Å². The second-order valence-corrected chi connectivity index (χ2v) is 14.9. The van der Waals surface area contributed by atoms with Crippen LogP contribution in [0.15, 0.2) is 102 Å². The van der Waals surface area contributed by atoms with Gasteiger partial charge in [-0.15, -0.1) is 0 Å². The van der Waals surface area contributed by atoms with Crippen molar-refractivity contribution in [3.8, 4) is 23.1 Å². The van der Waals surface area contributed by atoms with Crippen LogP contribution in [0.5, 0.6) is 23.1 Å². The highest BCUT2D eigenvalue weighted by molar-refractivity contribution is 5.93. The maximum atomic E-state index is 13.0. The molecule has 5 heterocycles. The van der Waals surface area contributed by atoms with Crippen LogP contribution in [0.25, 0.3) is 22.1 Å². The first-order valence-corrected chi connectivity index (χ1v) is 20.4. The number of amides is 2. The maximum absolute atomic E-state index is 13.0. The summed E-state index contributed by atoms with van der Waals surface area (Å²) in [5.74, 6) is 2.63. The van der Waals surface area contributed by atoms with Gasteiger partial charge in [0.05, 0.1) is 17.2 Å². The molecule has 8 rings (SSSR count). The molecule has 0 radical (unpaired) electrons. The summed E-state index contributed by atoms with van der Waals surface area (Å²) in [5.41, 5.74) is 3.54. The Morgan fingerprint density at radius 2 is 1.56 bits per heavy atom. The van der Waals surface area contributed by atoms with Gasteiger partial charge in [-0.1, -0.05) is 30.7 Å². The molecule has 3 aromatic carbocycles. The van der Waals surface area contributed by atoms with Gasteiger partial charge in [-0.05, 0) is 71.7 Å². The normalized spacial score (nSPS) is 14.8. The van der Waals surface area contributed by atoms with Crippen LogP contribution < -0.4 is 25.3 Å². The van der Waals surface area contributed by atoms with Gasteiger partial charge >= 0.3 is 0 Å². The molecule has 2 amide bonds. The number of hydrogen-bond acceptors (Lipinski definition) is 14. The molecule has 61 heavy (non-hydrogen) atoms. The molecule has 0 atom stereocenters. The topological polar surface area (TPSA) is 217 Å². The molecule has 18 nitrogen and oxygen atoms in total. The van der Waals surface area contributed by atoms with Crippen molar-refractivity contribution in [1.29, 1.82) is 0 Å². The standard InChI is InChI=1S/C43H47N11O6.H2O/c55-38(10-5-2-6-19-44-35-16-17-36(48-57)41-40(35)49-60-50-41)45-20-23-52-26-24-51(25-27-52)21-7-11-39(56)53-28-31(29-53)54-22-18-37-42(54)43(47-30-46-37)59-34-14-12-33(13-15-34)58-32-8-3-1-4-9-32;/h1,3-4,7-9,11-18,22,30-31,44H,2,5-6,10,19-21,23-29H2,(H,45,55);1H2/b11-7+;. The Labute approximate surface area is 351 Å². The highest BCUT2D eigenvalue weighted by atomic mass is 16.6. The number of carbonyl (C=O) groups is 2. The average molecular weight is 832 g/mol. The Kier molecular flexibility index (Phi) is 14.2. The zero-order chi connectivity index (χ0) is 41.1. The van der Waals surface area contributed by atoms with Gasteiger partial charge in [0.2, 0.25) is 23.2 Å². The summed E-state index contributed by atoms with van der Waals surface area (Å²) in [5, 5.41) is 15.9. The van der Waals surface area contributed by atoms with Crippen molar-refractivity contribution in [2.45, 2.75) is 31.7 Å². The van der Waals surface area contributed by atoms with Crippen molar-refractivity contribution in [3.63, 3.8) is 0 Å². The SMILES string of the molecule is O=[NH+]c1ccc(NCCCCCC(=O)NCCN2CCN(C/C=C/C(=O)N3CC(n4ccc5ncnc(Oc6ccc(Oc7ccccc7)cc6)c54)C3)CC2)c2nonc12.[OH-]. The number of nitrogens with one attached hydrogen (secondary N) is 3. The molecule has 2 aliphatic heterocycles. The summed E-state index contributed by atoms with van der Waals surface area (Å²) in [7, 11) is 0. The van der Waals surface area contributed by atoms with E-state index in [2.05, 4.69) is 45.3 Å². The Morgan fingerprint density at radius 3 is 2.34 bits per heavy atom. The summed E-state index contributed by atoms with van der Waals surface area (Å²) in [6.07, 6.45) is 10.2. The lowest BCUT2D eigenvalue weighted by Crippen LogP contribution is -2.55. The molecule has 18 heteroatoms. The predicted molar refractivity (Wildman–Crippen MR) is 226 cm³/mol. The molecular formula is C43H49N11O7. The van der Waals surface area contributed by atoms with Gasteiger partial charge < -0.3 is 35.1 Å². The third-order valence-corrected chi connectivity index (χ3v) is 10.8. The summed E-state index contributed by atoms with van der Waals surface area (Å²) >= 11 is 0. The van der Waals surface area contributed by atoms with Crippen LogP contribution in [0.2, 0.25) is 0 Å². The molecule has 3 aromatic heterocycles. The number of unbranched alkanes of at least 4 members (excludes halogenated alkanes) is 2. The highest BCUT2D eigenvalue weighted by Crippen LogP contribution is 2.34.